The van der Waals surface area contributed by atoms with Crippen molar-refractivity contribution in [2.24, 2.45) is 0 Å². The van der Waals surface area contributed by atoms with Gasteiger partial charge in [-0.05, 0) is 17.7 Å². The molecule has 0 aliphatic heterocycles. The Hall–Kier alpha value is -1.90. The summed E-state index contributed by atoms with van der Waals surface area (Å²) < 4.78 is 0. The Kier molecular flexibility index (Phi) is 2.63. The Balaban J connectivity index is 2.32. The van der Waals surface area contributed by atoms with Gasteiger partial charge in [0.2, 0.25) is 0 Å². The lowest BCUT2D eigenvalue weighted by Crippen LogP contribution is -2.07. The first-order valence-corrected chi connectivity index (χ1v) is 4.80. The van der Waals surface area contributed by atoms with Crippen LogP contribution in [0.25, 0.3) is 11.1 Å². The first-order chi connectivity index (χ1) is 7.27. The summed E-state index contributed by atoms with van der Waals surface area (Å²) in [5.41, 5.74) is 3.37. The zero-order valence-electron chi connectivity index (χ0n) is 8.88. The van der Waals surface area contributed by atoms with Gasteiger partial charge in [0, 0.05) is 37.7 Å². The van der Waals surface area contributed by atoms with Gasteiger partial charge in [0.05, 0.1) is 0 Å². The summed E-state index contributed by atoms with van der Waals surface area (Å²) in [6.45, 7) is 0. The fourth-order valence-corrected chi connectivity index (χ4v) is 1.40. The summed E-state index contributed by atoms with van der Waals surface area (Å²) >= 11 is 0. The number of rotatable bonds is 2. The van der Waals surface area contributed by atoms with Crippen molar-refractivity contribution in [3.05, 3.63) is 43.0 Å². The van der Waals surface area contributed by atoms with E-state index in [-0.39, 0.29) is 0 Å². The molecular weight excluding hydrogens is 186 g/mol. The van der Waals surface area contributed by atoms with Crippen molar-refractivity contribution in [3.63, 3.8) is 0 Å². The molecule has 2 aromatic rings. The van der Waals surface area contributed by atoms with E-state index in [0.29, 0.717) is 0 Å². The number of nitrogens with zero attached hydrogens (tertiary/aromatic N) is 3. The Morgan fingerprint density at radius 3 is 2.00 bits per heavy atom. The first kappa shape index (κ1) is 9.65. The maximum atomic E-state index is 4.00. The molecule has 2 rings (SSSR count). The molecule has 1 heterocycles. The van der Waals surface area contributed by atoms with Crippen LogP contribution < -0.4 is 4.90 Å². The average Bonchev–Trinajstić information content (AvgIpc) is 2.30. The second-order valence-electron chi connectivity index (χ2n) is 3.57. The molecule has 1 aromatic carbocycles. The largest absolute Gasteiger partial charge is 0.378 e. The van der Waals surface area contributed by atoms with Gasteiger partial charge < -0.3 is 4.90 Å². The third kappa shape index (κ3) is 2.13. The third-order valence-corrected chi connectivity index (χ3v) is 2.28. The molecule has 0 spiro atoms. The lowest BCUT2D eigenvalue weighted by Gasteiger charge is -2.12. The molecule has 0 fully saturated rings. The van der Waals surface area contributed by atoms with Crippen molar-refractivity contribution in [1.82, 2.24) is 9.97 Å². The summed E-state index contributed by atoms with van der Waals surface area (Å²) in [5.74, 6) is 0. The van der Waals surface area contributed by atoms with Crippen LogP contribution in [0, 0.1) is 0 Å². The van der Waals surface area contributed by atoms with Crippen LogP contribution in [0.5, 0.6) is 0 Å². The van der Waals surface area contributed by atoms with Gasteiger partial charge >= 0.3 is 0 Å². The molecule has 15 heavy (non-hydrogen) atoms. The minimum Gasteiger partial charge on any atom is -0.378 e. The molecular formula is C12H13N3. The van der Waals surface area contributed by atoms with E-state index in [4.69, 9.17) is 0 Å². The average molecular weight is 199 g/mol. The van der Waals surface area contributed by atoms with E-state index in [1.54, 1.807) is 0 Å². The van der Waals surface area contributed by atoms with E-state index in [1.165, 1.54) is 12.0 Å². The molecule has 0 atom stereocenters. The third-order valence-electron chi connectivity index (χ3n) is 2.28. The van der Waals surface area contributed by atoms with Gasteiger partial charge in [0.1, 0.15) is 6.33 Å². The van der Waals surface area contributed by atoms with Crippen LogP contribution in [-0.2, 0) is 0 Å². The van der Waals surface area contributed by atoms with E-state index in [0.717, 1.165) is 11.1 Å². The standard InChI is InChI=1S/C12H13N3/c1-15(2)12-5-3-10(4-6-12)11-7-13-9-14-8-11/h3-9H,1-2H3. The summed E-state index contributed by atoms with van der Waals surface area (Å²) in [6, 6.07) is 8.33. The lowest BCUT2D eigenvalue weighted by molar-refractivity contribution is 1.13. The van der Waals surface area contributed by atoms with Crippen molar-refractivity contribution < 1.29 is 0 Å². The van der Waals surface area contributed by atoms with Crippen LogP contribution in [0.4, 0.5) is 5.69 Å². The molecule has 3 heteroatoms. The number of hydrogen-bond donors (Lipinski definition) is 0. The SMILES string of the molecule is CN(C)c1ccc(-c2cncnc2)cc1. The molecule has 0 radical (unpaired) electrons. The smallest absolute Gasteiger partial charge is 0.115 e. The Labute approximate surface area is 89.4 Å². The summed E-state index contributed by atoms with van der Waals surface area (Å²) in [6.07, 6.45) is 5.17. The zero-order valence-corrected chi connectivity index (χ0v) is 8.88. The van der Waals surface area contributed by atoms with E-state index >= 15 is 0 Å². The Morgan fingerprint density at radius 2 is 1.47 bits per heavy atom. The summed E-state index contributed by atoms with van der Waals surface area (Å²) in [4.78, 5) is 10.1. The molecule has 1 aromatic heterocycles. The molecule has 0 amide bonds. The van der Waals surface area contributed by atoms with Gasteiger partial charge in [-0.1, -0.05) is 12.1 Å². The fraction of sp³-hybridized carbons (Fsp3) is 0.167. The number of aromatic nitrogens is 2. The highest BCUT2D eigenvalue weighted by molar-refractivity contribution is 5.64. The quantitative estimate of drug-likeness (QED) is 0.742. The van der Waals surface area contributed by atoms with Crippen molar-refractivity contribution in [2.75, 3.05) is 19.0 Å². The molecule has 0 saturated carbocycles. The van der Waals surface area contributed by atoms with Crippen molar-refractivity contribution in [3.8, 4) is 11.1 Å². The van der Waals surface area contributed by atoms with Gasteiger partial charge in [0.25, 0.3) is 0 Å². The minimum absolute atomic E-state index is 1.04. The van der Waals surface area contributed by atoms with E-state index in [9.17, 15) is 0 Å². The predicted molar refractivity (Wildman–Crippen MR) is 61.8 cm³/mol. The highest BCUT2D eigenvalue weighted by Crippen LogP contribution is 2.20. The predicted octanol–water partition coefficient (Wildman–Crippen LogP) is 2.21. The van der Waals surface area contributed by atoms with E-state index in [1.807, 2.05) is 26.5 Å². The van der Waals surface area contributed by atoms with Crippen LogP contribution in [0.3, 0.4) is 0 Å². The van der Waals surface area contributed by atoms with Gasteiger partial charge in [-0.15, -0.1) is 0 Å². The zero-order chi connectivity index (χ0) is 10.7. The minimum atomic E-state index is 1.04. The van der Waals surface area contributed by atoms with Crippen LogP contribution in [0.2, 0.25) is 0 Å². The summed E-state index contributed by atoms with van der Waals surface area (Å²) in [7, 11) is 4.06. The molecule has 76 valence electrons. The van der Waals surface area contributed by atoms with E-state index in [2.05, 4.69) is 39.1 Å². The molecule has 0 saturated heterocycles. The topological polar surface area (TPSA) is 29.0 Å². The maximum absolute atomic E-state index is 4.00. The van der Waals surface area contributed by atoms with Crippen LogP contribution >= 0.6 is 0 Å². The molecule has 0 aliphatic rings. The molecule has 0 bridgehead atoms. The monoisotopic (exact) mass is 199 g/mol. The van der Waals surface area contributed by atoms with Gasteiger partial charge in [-0.25, -0.2) is 9.97 Å². The number of anilines is 1. The van der Waals surface area contributed by atoms with Crippen molar-refractivity contribution >= 4 is 5.69 Å². The van der Waals surface area contributed by atoms with Crippen molar-refractivity contribution in [1.29, 1.82) is 0 Å². The van der Waals surface area contributed by atoms with Crippen LogP contribution in [0.1, 0.15) is 0 Å². The Bertz CT molecular complexity index is 420. The van der Waals surface area contributed by atoms with Crippen LogP contribution in [0.15, 0.2) is 43.0 Å². The van der Waals surface area contributed by atoms with Crippen molar-refractivity contribution in [2.45, 2.75) is 0 Å². The highest BCUT2D eigenvalue weighted by atomic mass is 15.1. The second-order valence-corrected chi connectivity index (χ2v) is 3.57. The Morgan fingerprint density at radius 1 is 0.867 bits per heavy atom. The molecule has 0 N–H and O–H groups in total. The van der Waals surface area contributed by atoms with Gasteiger partial charge in [0.15, 0.2) is 0 Å². The normalized spacial score (nSPS) is 10.0. The number of benzene rings is 1. The molecule has 0 unspecified atom stereocenters. The maximum Gasteiger partial charge on any atom is 0.115 e. The van der Waals surface area contributed by atoms with E-state index < -0.39 is 0 Å². The number of hydrogen-bond acceptors (Lipinski definition) is 3. The highest BCUT2D eigenvalue weighted by Gasteiger charge is 1.98. The second kappa shape index (κ2) is 4.09. The van der Waals surface area contributed by atoms with Gasteiger partial charge in [-0.2, -0.15) is 0 Å². The first-order valence-electron chi connectivity index (χ1n) is 4.80. The molecule has 0 aliphatic carbocycles. The van der Waals surface area contributed by atoms with Gasteiger partial charge in [-0.3, -0.25) is 0 Å². The van der Waals surface area contributed by atoms with Crippen LogP contribution in [-0.4, -0.2) is 24.1 Å². The lowest BCUT2D eigenvalue weighted by atomic mass is 10.1. The molecule has 3 nitrogen and oxygen atoms in total. The fourth-order valence-electron chi connectivity index (χ4n) is 1.40. The summed E-state index contributed by atoms with van der Waals surface area (Å²) in [5, 5.41) is 0.